The van der Waals surface area contributed by atoms with Crippen LogP contribution in [0.2, 0.25) is 5.02 Å². The van der Waals surface area contributed by atoms with E-state index < -0.39 is 14.9 Å². The number of sulfonamides is 1. The van der Waals surface area contributed by atoms with E-state index in [9.17, 15) is 18.5 Å². The smallest absolute Gasteiger partial charge is 0.293 e. The Labute approximate surface area is 361 Å². The van der Waals surface area contributed by atoms with Crippen LogP contribution in [0.15, 0.2) is 131 Å². The molecule has 2 heterocycles. The van der Waals surface area contributed by atoms with Crippen molar-refractivity contribution >= 4 is 67.2 Å². The highest BCUT2D eigenvalue weighted by Gasteiger charge is 2.25. The number of benzene rings is 5. The van der Waals surface area contributed by atoms with Crippen LogP contribution in [0.1, 0.15) is 25.8 Å². The van der Waals surface area contributed by atoms with E-state index in [1.54, 1.807) is 11.8 Å². The van der Waals surface area contributed by atoms with Gasteiger partial charge in [-0.3, -0.25) is 19.7 Å². The van der Waals surface area contributed by atoms with Crippen molar-refractivity contribution in [2.75, 3.05) is 66.5 Å². The zero-order chi connectivity index (χ0) is 42.1. The molecule has 1 aromatic heterocycles. The molecule has 0 saturated carbocycles. The Balaban J connectivity index is 1.03. The number of nitrogens with one attached hydrogen (secondary N) is 2. The number of aromatic nitrogens is 2. The second kappa shape index (κ2) is 19.9. The van der Waals surface area contributed by atoms with Gasteiger partial charge in [-0.1, -0.05) is 80.0 Å². The summed E-state index contributed by atoms with van der Waals surface area (Å²) in [5.41, 5.74) is 5.01. The Morgan fingerprint density at radius 3 is 2.33 bits per heavy atom. The molecule has 15 heteroatoms. The molecule has 1 aliphatic rings. The maximum atomic E-state index is 13.8. The first-order valence-electron chi connectivity index (χ1n) is 20.1. The maximum absolute atomic E-state index is 13.8. The number of hydrogen-bond acceptors (Lipinski definition) is 11. The lowest BCUT2D eigenvalue weighted by Crippen LogP contribution is -2.46. The molecule has 312 valence electrons. The molecule has 2 N–H and O–H groups in total. The number of hydrogen-bond donors (Lipinski definition) is 2. The molecule has 1 atom stereocenters. The van der Waals surface area contributed by atoms with E-state index in [0.717, 1.165) is 86.0 Å². The SMILES string of the molecule is CCN(CC)CCC(CSc1ccccc1)Nc1ccc(S(=O)(=O)Nc2ncnc3cc(N4CCN(Cc5cc(Cl)ccc5-c5ccccc5)CC4)ccc23)cc1[N+](=O)[O-]. The molecular formula is C45H49ClN8O4S2. The Bertz CT molecular complexity index is 2510. The van der Waals surface area contributed by atoms with Gasteiger partial charge in [0.1, 0.15) is 12.0 Å². The molecule has 1 aliphatic heterocycles. The van der Waals surface area contributed by atoms with Crippen LogP contribution in [-0.2, 0) is 16.6 Å². The summed E-state index contributed by atoms with van der Waals surface area (Å²) in [7, 11) is -4.27. The first-order valence-corrected chi connectivity index (χ1v) is 23.0. The zero-order valence-corrected chi connectivity index (χ0v) is 36.1. The van der Waals surface area contributed by atoms with Crippen LogP contribution >= 0.6 is 23.4 Å². The third-order valence-corrected chi connectivity index (χ3v) is 13.6. The quantitative estimate of drug-likeness (QED) is 0.0486. The number of rotatable bonds is 18. The Kier molecular flexibility index (Phi) is 14.2. The van der Waals surface area contributed by atoms with Crippen molar-refractivity contribution in [3.05, 3.63) is 142 Å². The van der Waals surface area contributed by atoms with Crippen LogP contribution in [0.3, 0.4) is 0 Å². The number of fused-ring (bicyclic) bond motifs is 1. The number of anilines is 3. The highest BCUT2D eigenvalue weighted by atomic mass is 35.5. The molecule has 1 saturated heterocycles. The van der Waals surface area contributed by atoms with Gasteiger partial charge in [0.15, 0.2) is 5.82 Å². The van der Waals surface area contributed by atoms with Gasteiger partial charge in [0.05, 0.1) is 15.3 Å². The fourth-order valence-corrected chi connectivity index (χ4v) is 9.70. The number of nitro benzene ring substituents is 1. The largest absolute Gasteiger partial charge is 0.376 e. The summed E-state index contributed by atoms with van der Waals surface area (Å²) in [4.78, 5) is 28.5. The molecule has 6 aromatic rings. The van der Waals surface area contributed by atoms with E-state index in [2.05, 4.69) is 72.8 Å². The minimum absolute atomic E-state index is 0.0892. The fourth-order valence-electron chi connectivity index (χ4n) is 7.47. The van der Waals surface area contributed by atoms with Gasteiger partial charge in [-0.2, -0.15) is 0 Å². The third kappa shape index (κ3) is 10.7. The van der Waals surface area contributed by atoms with Crippen LogP contribution in [0.5, 0.6) is 0 Å². The van der Waals surface area contributed by atoms with Crippen LogP contribution in [-0.4, -0.2) is 90.7 Å². The van der Waals surface area contributed by atoms with E-state index in [1.807, 2.05) is 72.8 Å². The normalized spacial score (nSPS) is 14.0. The van der Waals surface area contributed by atoms with E-state index in [4.69, 9.17) is 11.6 Å². The van der Waals surface area contributed by atoms with Gasteiger partial charge >= 0.3 is 0 Å². The minimum atomic E-state index is -4.27. The maximum Gasteiger partial charge on any atom is 0.293 e. The number of piperazine rings is 1. The Morgan fingerprint density at radius 1 is 0.883 bits per heavy atom. The molecule has 7 rings (SSSR count). The summed E-state index contributed by atoms with van der Waals surface area (Å²) < 4.78 is 30.2. The number of nitrogens with zero attached hydrogens (tertiary/aromatic N) is 6. The Morgan fingerprint density at radius 2 is 1.62 bits per heavy atom. The molecule has 0 radical (unpaired) electrons. The molecule has 0 amide bonds. The van der Waals surface area contributed by atoms with Crippen molar-refractivity contribution in [3.63, 3.8) is 0 Å². The lowest BCUT2D eigenvalue weighted by atomic mass is 9.99. The highest BCUT2D eigenvalue weighted by molar-refractivity contribution is 7.99. The summed E-state index contributed by atoms with van der Waals surface area (Å²) in [5.74, 6) is 0.759. The van der Waals surface area contributed by atoms with Crippen LogP contribution < -0.4 is 14.9 Å². The minimum Gasteiger partial charge on any atom is -0.376 e. The van der Waals surface area contributed by atoms with Crippen LogP contribution in [0.4, 0.5) is 22.9 Å². The van der Waals surface area contributed by atoms with E-state index in [1.165, 1.54) is 29.6 Å². The van der Waals surface area contributed by atoms with E-state index >= 15 is 0 Å². The summed E-state index contributed by atoms with van der Waals surface area (Å²) >= 11 is 8.10. The van der Waals surface area contributed by atoms with E-state index in [-0.39, 0.29) is 28.1 Å². The van der Waals surface area contributed by atoms with Gasteiger partial charge < -0.3 is 15.1 Å². The van der Waals surface area contributed by atoms with Gasteiger partial charge in [-0.05, 0) is 90.8 Å². The second-order valence-corrected chi connectivity index (χ2v) is 17.9. The molecule has 0 spiro atoms. The molecule has 5 aromatic carbocycles. The fraction of sp³-hybridized carbons (Fsp3) is 0.289. The molecule has 1 fully saturated rings. The molecular weight excluding hydrogens is 816 g/mol. The summed E-state index contributed by atoms with van der Waals surface area (Å²) in [6.07, 6.45) is 2.07. The Hall–Kier alpha value is -5.25. The van der Waals surface area contributed by atoms with Crippen LogP contribution in [0, 0.1) is 10.1 Å². The monoisotopic (exact) mass is 864 g/mol. The van der Waals surface area contributed by atoms with Crippen molar-refractivity contribution < 1.29 is 13.3 Å². The summed E-state index contributed by atoms with van der Waals surface area (Å²) in [6, 6.07) is 36.0. The van der Waals surface area contributed by atoms with Crippen molar-refractivity contribution in [1.29, 1.82) is 0 Å². The lowest BCUT2D eigenvalue weighted by Gasteiger charge is -2.36. The van der Waals surface area contributed by atoms with Gasteiger partial charge in [0, 0.05) is 78.1 Å². The third-order valence-electron chi connectivity index (χ3n) is 10.9. The number of halogens is 1. The molecule has 60 heavy (non-hydrogen) atoms. The first kappa shape index (κ1) is 42.9. The molecule has 12 nitrogen and oxygen atoms in total. The summed E-state index contributed by atoms with van der Waals surface area (Å²) in [5, 5.41) is 17.0. The standard InChI is InChI=1S/C45H49ClN8O4S2/c1-3-51(4-2)22-21-36(31-59-38-13-9-6-10-14-38)49-42-20-17-39(29-44(42)54(55)56)60(57,58)50-45-41-19-16-37(28-43(41)47-32-48-45)53-25-23-52(24-26-53)30-34-27-35(46)15-18-40(34)33-11-7-5-8-12-33/h5-20,27-29,32,36,49H,3-4,21-26,30-31H2,1-2H3,(H,47,48,50). The predicted molar refractivity (Wildman–Crippen MR) is 245 cm³/mol. The van der Waals surface area contributed by atoms with Crippen LogP contribution in [0.25, 0.3) is 22.0 Å². The summed E-state index contributed by atoms with van der Waals surface area (Å²) in [6.45, 7) is 10.9. The van der Waals surface area contributed by atoms with Gasteiger partial charge in [-0.25, -0.2) is 18.4 Å². The first-order chi connectivity index (χ1) is 29.1. The molecule has 0 bridgehead atoms. The molecule has 1 unspecified atom stereocenters. The molecule has 0 aliphatic carbocycles. The second-order valence-electron chi connectivity index (χ2n) is 14.7. The number of thioether (sulfide) groups is 1. The van der Waals surface area contributed by atoms with Gasteiger partial charge in [0.2, 0.25) is 0 Å². The number of nitro groups is 1. The van der Waals surface area contributed by atoms with Gasteiger partial charge in [-0.15, -0.1) is 11.8 Å². The average molecular weight is 866 g/mol. The van der Waals surface area contributed by atoms with Crippen molar-refractivity contribution in [2.45, 2.75) is 42.6 Å². The van der Waals surface area contributed by atoms with E-state index in [0.29, 0.717) is 16.7 Å². The van der Waals surface area contributed by atoms with Gasteiger partial charge in [0.25, 0.3) is 15.7 Å². The zero-order valence-electron chi connectivity index (χ0n) is 33.7. The topological polar surface area (TPSA) is 137 Å². The van der Waals surface area contributed by atoms with Crippen molar-refractivity contribution in [3.8, 4) is 11.1 Å². The predicted octanol–water partition coefficient (Wildman–Crippen LogP) is 9.29. The average Bonchev–Trinajstić information content (AvgIpc) is 3.26. The lowest BCUT2D eigenvalue weighted by molar-refractivity contribution is -0.384. The van der Waals surface area contributed by atoms with Crippen molar-refractivity contribution in [2.24, 2.45) is 0 Å². The van der Waals surface area contributed by atoms with Crippen molar-refractivity contribution in [1.82, 2.24) is 19.8 Å². The highest BCUT2D eigenvalue weighted by Crippen LogP contribution is 2.33.